The Morgan fingerprint density at radius 3 is 3.00 bits per heavy atom. The van der Waals surface area contributed by atoms with Crippen LogP contribution in [0.3, 0.4) is 0 Å². The third-order valence-electron chi connectivity index (χ3n) is 3.74. The monoisotopic (exact) mass is 358 g/mol. The number of halogens is 1. The van der Waals surface area contributed by atoms with Crippen LogP contribution >= 0.6 is 22.9 Å². The summed E-state index contributed by atoms with van der Waals surface area (Å²) in [5, 5.41) is 3.88. The van der Waals surface area contributed by atoms with Crippen molar-refractivity contribution < 1.29 is 14.3 Å². The van der Waals surface area contributed by atoms with E-state index in [-0.39, 0.29) is 12.3 Å². The van der Waals surface area contributed by atoms with Gasteiger partial charge in [-0.2, -0.15) is 0 Å². The standard InChI is InChI=1S/C17H11ClN2O3S/c18-9-5-6-12-14(7-9)24-17(19-12)20-15(21)8-13-10-3-1-2-4-11(10)16(22)23-13/h1-7,13H,8H2,(H,19,20,21)/t13-/m0/s1. The van der Waals surface area contributed by atoms with Gasteiger partial charge in [0.1, 0.15) is 6.10 Å². The second kappa shape index (κ2) is 5.89. The number of nitrogens with one attached hydrogen (secondary N) is 1. The number of carbonyl (C=O) groups is 2. The molecule has 0 saturated carbocycles. The molecule has 1 amide bonds. The van der Waals surface area contributed by atoms with Crippen molar-refractivity contribution in [2.75, 3.05) is 5.32 Å². The fourth-order valence-corrected chi connectivity index (χ4v) is 3.82. The Morgan fingerprint density at radius 1 is 1.29 bits per heavy atom. The molecule has 2 heterocycles. The summed E-state index contributed by atoms with van der Waals surface area (Å²) >= 11 is 7.30. The molecule has 0 aliphatic carbocycles. The lowest BCUT2D eigenvalue weighted by atomic mass is 10.0. The average Bonchev–Trinajstić information content (AvgIpc) is 3.08. The molecule has 120 valence electrons. The highest BCUT2D eigenvalue weighted by Gasteiger charge is 2.32. The SMILES string of the molecule is O=C(C[C@@H]1OC(=O)c2ccccc21)Nc1nc2ccc(Cl)cc2s1. The molecule has 0 unspecified atom stereocenters. The van der Waals surface area contributed by atoms with Crippen LogP contribution in [0.1, 0.15) is 28.4 Å². The summed E-state index contributed by atoms with van der Waals surface area (Å²) in [4.78, 5) is 28.4. The maximum atomic E-state index is 12.3. The first-order chi connectivity index (χ1) is 11.6. The molecule has 3 aromatic rings. The molecule has 2 aromatic carbocycles. The molecule has 7 heteroatoms. The van der Waals surface area contributed by atoms with Gasteiger partial charge in [0.15, 0.2) is 5.13 Å². The second-order valence-electron chi connectivity index (χ2n) is 5.36. The van der Waals surface area contributed by atoms with Gasteiger partial charge in [-0.25, -0.2) is 9.78 Å². The van der Waals surface area contributed by atoms with E-state index in [4.69, 9.17) is 16.3 Å². The minimum absolute atomic E-state index is 0.0550. The molecule has 1 aliphatic rings. The van der Waals surface area contributed by atoms with Crippen LogP contribution in [-0.4, -0.2) is 16.9 Å². The third-order valence-corrected chi connectivity index (χ3v) is 4.91. The van der Waals surface area contributed by atoms with E-state index < -0.39 is 12.1 Å². The lowest BCUT2D eigenvalue weighted by Gasteiger charge is -2.09. The lowest BCUT2D eigenvalue weighted by Crippen LogP contribution is -2.15. The molecule has 0 fully saturated rings. The molecule has 1 atom stereocenters. The molecule has 0 saturated heterocycles. The van der Waals surface area contributed by atoms with Crippen LogP contribution in [-0.2, 0) is 9.53 Å². The van der Waals surface area contributed by atoms with E-state index in [2.05, 4.69) is 10.3 Å². The quantitative estimate of drug-likeness (QED) is 0.713. The van der Waals surface area contributed by atoms with E-state index in [1.54, 1.807) is 36.4 Å². The number of benzene rings is 2. The number of fused-ring (bicyclic) bond motifs is 2. The van der Waals surface area contributed by atoms with Crippen molar-refractivity contribution in [1.29, 1.82) is 0 Å². The van der Waals surface area contributed by atoms with Crippen molar-refractivity contribution in [3.63, 3.8) is 0 Å². The first-order valence-electron chi connectivity index (χ1n) is 7.26. The van der Waals surface area contributed by atoms with Gasteiger partial charge in [0.05, 0.1) is 22.2 Å². The van der Waals surface area contributed by atoms with Gasteiger partial charge in [0, 0.05) is 10.6 Å². The maximum absolute atomic E-state index is 12.3. The van der Waals surface area contributed by atoms with Crippen LogP contribution < -0.4 is 5.32 Å². The number of rotatable bonds is 3. The van der Waals surface area contributed by atoms with Crippen molar-refractivity contribution in [2.45, 2.75) is 12.5 Å². The zero-order valence-electron chi connectivity index (χ0n) is 12.3. The Kier molecular flexibility index (Phi) is 3.70. The highest BCUT2D eigenvalue weighted by molar-refractivity contribution is 7.22. The zero-order valence-corrected chi connectivity index (χ0v) is 13.9. The van der Waals surface area contributed by atoms with Crippen molar-refractivity contribution in [3.8, 4) is 0 Å². The smallest absolute Gasteiger partial charge is 0.339 e. The summed E-state index contributed by atoms with van der Waals surface area (Å²) in [6, 6.07) is 12.5. The van der Waals surface area contributed by atoms with E-state index in [0.29, 0.717) is 15.7 Å². The Balaban J connectivity index is 1.50. The van der Waals surface area contributed by atoms with Gasteiger partial charge in [-0.15, -0.1) is 0 Å². The number of esters is 1. The number of ether oxygens (including phenoxy) is 1. The number of amides is 1. The third kappa shape index (κ3) is 2.74. The van der Waals surface area contributed by atoms with E-state index in [9.17, 15) is 9.59 Å². The maximum Gasteiger partial charge on any atom is 0.339 e. The van der Waals surface area contributed by atoms with Crippen LogP contribution in [0.5, 0.6) is 0 Å². The summed E-state index contributed by atoms with van der Waals surface area (Å²) < 4.78 is 6.18. The van der Waals surface area contributed by atoms with Gasteiger partial charge in [0.2, 0.25) is 5.91 Å². The van der Waals surface area contributed by atoms with Gasteiger partial charge in [0.25, 0.3) is 0 Å². The Bertz CT molecular complexity index is 969. The fraction of sp³-hybridized carbons (Fsp3) is 0.118. The molecule has 24 heavy (non-hydrogen) atoms. The van der Waals surface area contributed by atoms with Crippen LogP contribution in [0.15, 0.2) is 42.5 Å². The summed E-state index contributed by atoms with van der Waals surface area (Å²) in [7, 11) is 0. The Hall–Kier alpha value is -2.44. The average molecular weight is 359 g/mol. The molecular weight excluding hydrogens is 348 g/mol. The molecule has 1 aromatic heterocycles. The molecule has 5 nitrogen and oxygen atoms in total. The summed E-state index contributed by atoms with van der Waals surface area (Å²) in [6.07, 6.45) is -0.503. The highest BCUT2D eigenvalue weighted by Crippen LogP contribution is 2.33. The van der Waals surface area contributed by atoms with Crippen LogP contribution in [0.4, 0.5) is 5.13 Å². The van der Waals surface area contributed by atoms with Gasteiger partial charge in [-0.1, -0.05) is 41.1 Å². The number of aromatic nitrogens is 1. The number of hydrogen-bond acceptors (Lipinski definition) is 5. The number of carbonyl (C=O) groups excluding carboxylic acids is 2. The van der Waals surface area contributed by atoms with Gasteiger partial charge < -0.3 is 10.1 Å². The number of thiazole rings is 1. The highest BCUT2D eigenvalue weighted by atomic mass is 35.5. The van der Waals surface area contributed by atoms with Crippen molar-refractivity contribution in [3.05, 3.63) is 58.6 Å². The normalized spacial score (nSPS) is 16.0. The minimum atomic E-state index is -0.558. The largest absolute Gasteiger partial charge is 0.453 e. The Morgan fingerprint density at radius 2 is 2.12 bits per heavy atom. The van der Waals surface area contributed by atoms with Crippen LogP contribution in [0, 0.1) is 0 Å². The summed E-state index contributed by atoms with van der Waals surface area (Å²) in [5.41, 5.74) is 2.04. The number of hydrogen-bond donors (Lipinski definition) is 1. The topological polar surface area (TPSA) is 68.3 Å². The number of anilines is 1. The lowest BCUT2D eigenvalue weighted by molar-refractivity contribution is -0.118. The van der Waals surface area contributed by atoms with Gasteiger partial charge in [-0.3, -0.25) is 4.79 Å². The second-order valence-corrected chi connectivity index (χ2v) is 6.83. The minimum Gasteiger partial charge on any atom is -0.453 e. The molecule has 0 radical (unpaired) electrons. The molecule has 1 N–H and O–H groups in total. The van der Waals surface area contributed by atoms with Crippen molar-refractivity contribution in [2.24, 2.45) is 0 Å². The van der Waals surface area contributed by atoms with Crippen molar-refractivity contribution >= 4 is 50.2 Å². The number of nitrogens with zero attached hydrogens (tertiary/aromatic N) is 1. The number of cyclic esters (lactones) is 1. The fourth-order valence-electron chi connectivity index (χ4n) is 2.66. The van der Waals surface area contributed by atoms with Crippen molar-refractivity contribution in [1.82, 2.24) is 4.98 Å². The molecule has 0 spiro atoms. The van der Waals surface area contributed by atoms with E-state index >= 15 is 0 Å². The van der Waals surface area contributed by atoms with Gasteiger partial charge in [-0.05, 0) is 24.3 Å². The first-order valence-corrected chi connectivity index (χ1v) is 8.45. The Labute approximate surface area is 146 Å². The van der Waals surface area contributed by atoms with Crippen LogP contribution in [0.25, 0.3) is 10.2 Å². The molecule has 4 rings (SSSR count). The van der Waals surface area contributed by atoms with E-state index in [1.165, 1.54) is 11.3 Å². The van der Waals surface area contributed by atoms with E-state index in [0.717, 1.165) is 15.8 Å². The van der Waals surface area contributed by atoms with Gasteiger partial charge >= 0.3 is 5.97 Å². The molecule has 0 bridgehead atoms. The van der Waals surface area contributed by atoms with Crippen LogP contribution in [0.2, 0.25) is 5.02 Å². The predicted octanol–water partition coefficient (Wildman–Crippen LogP) is 4.19. The summed E-state index contributed by atoms with van der Waals surface area (Å²) in [5.74, 6) is -0.646. The zero-order chi connectivity index (χ0) is 16.7. The first kappa shape index (κ1) is 15.1. The summed E-state index contributed by atoms with van der Waals surface area (Å²) in [6.45, 7) is 0. The van der Waals surface area contributed by atoms with E-state index in [1.807, 2.05) is 6.07 Å². The molecule has 1 aliphatic heterocycles. The molecular formula is C17H11ClN2O3S. The predicted molar refractivity (Wildman–Crippen MR) is 92.5 cm³/mol.